The molecule has 2 aromatic rings. The van der Waals surface area contributed by atoms with Crippen LogP contribution in [0.25, 0.3) is 0 Å². The lowest BCUT2D eigenvalue weighted by molar-refractivity contribution is -0.132. The number of carbonyl (C=O) groups is 3. The van der Waals surface area contributed by atoms with Crippen molar-refractivity contribution in [3.05, 3.63) is 59.1 Å². The number of imide groups is 1. The Labute approximate surface area is 177 Å². The zero-order valence-electron chi connectivity index (χ0n) is 16.1. The average molecular weight is 454 g/mol. The molecule has 6 nitrogen and oxygen atoms in total. The normalized spacial score (nSPS) is 24.4. The highest BCUT2D eigenvalue weighted by molar-refractivity contribution is 9.10. The third kappa shape index (κ3) is 2.92. The molecule has 2 aliphatic rings. The van der Waals surface area contributed by atoms with Crippen LogP contribution in [0.5, 0.6) is 0 Å². The number of hydrogen-bond donors (Lipinski definition) is 0. The standard InChI is InChI=1S/C22H20BrN3O3/c1-3-22(14(2)24-26(21(22)29)17-7-5-4-6-8-17)18-13-19(27)25(20(18)28)16-11-9-15(23)10-12-16/h4-12,18H,3,13H2,1-2H3. The molecule has 1 fully saturated rings. The molecule has 148 valence electrons. The van der Waals surface area contributed by atoms with Gasteiger partial charge in [0, 0.05) is 10.9 Å². The van der Waals surface area contributed by atoms with Crippen molar-refractivity contribution in [3.63, 3.8) is 0 Å². The molecule has 0 spiro atoms. The van der Waals surface area contributed by atoms with E-state index in [9.17, 15) is 14.4 Å². The lowest BCUT2D eigenvalue weighted by Crippen LogP contribution is -2.47. The summed E-state index contributed by atoms with van der Waals surface area (Å²) in [7, 11) is 0. The zero-order valence-corrected chi connectivity index (χ0v) is 17.7. The molecule has 2 unspecified atom stereocenters. The number of anilines is 2. The van der Waals surface area contributed by atoms with Gasteiger partial charge in [-0.1, -0.05) is 41.1 Å². The molecule has 1 saturated heterocycles. The van der Waals surface area contributed by atoms with Gasteiger partial charge in [0.15, 0.2) is 0 Å². The van der Waals surface area contributed by atoms with Crippen molar-refractivity contribution >= 4 is 50.7 Å². The van der Waals surface area contributed by atoms with E-state index in [0.717, 1.165) is 4.47 Å². The minimum atomic E-state index is -1.12. The van der Waals surface area contributed by atoms with Crippen LogP contribution in [0.3, 0.4) is 0 Å². The van der Waals surface area contributed by atoms with Crippen LogP contribution in [0.2, 0.25) is 0 Å². The van der Waals surface area contributed by atoms with E-state index in [-0.39, 0.29) is 24.1 Å². The van der Waals surface area contributed by atoms with Crippen molar-refractivity contribution < 1.29 is 14.4 Å². The van der Waals surface area contributed by atoms with Gasteiger partial charge in [0.05, 0.1) is 23.0 Å². The molecular weight excluding hydrogens is 434 g/mol. The van der Waals surface area contributed by atoms with Crippen LogP contribution in [-0.4, -0.2) is 23.4 Å². The van der Waals surface area contributed by atoms with Gasteiger partial charge in [-0.3, -0.25) is 19.3 Å². The maximum Gasteiger partial charge on any atom is 0.260 e. The van der Waals surface area contributed by atoms with Gasteiger partial charge in [-0.05, 0) is 49.7 Å². The van der Waals surface area contributed by atoms with Gasteiger partial charge >= 0.3 is 0 Å². The zero-order chi connectivity index (χ0) is 20.8. The summed E-state index contributed by atoms with van der Waals surface area (Å²) >= 11 is 3.36. The van der Waals surface area contributed by atoms with Crippen LogP contribution in [0.15, 0.2) is 64.2 Å². The van der Waals surface area contributed by atoms with Gasteiger partial charge in [0.25, 0.3) is 5.91 Å². The quantitative estimate of drug-likeness (QED) is 0.652. The molecule has 0 N–H and O–H groups in total. The molecular formula is C22H20BrN3O3. The smallest absolute Gasteiger partial charge is 0.260 e. The molecule has 0 radical (unpaired) electrons. The number of amides is 3. The highest BCUT2D eigenvalue weighted by atomic mass is 79.9. The van der Waals surface area contributed by atoms with Crippen LogP contribution in [0, 0.1) is 11.3 Å². The van der Waals surface area contributed by atoms with Gasteiger partial charge in [-0.15, -0.1) is 0 Å². The predicted octanol–water partition coefficient (Wildman–Crippen LogP) is 4.15. The third-order valence-electron chi connectivity index (χ3n) is 5.85. The first-order valence-corrected chi connectivity index (χ1v) is 10.3. The molecule has 2 aromatic carbocycles. The second-order valence-corrected chi connectivity index (χ2v) is 8.18. The van der Waals surface area contributed by atoms with Gasteiger partial charge in [-0.25, -0.2) is 0 Å². The molecule has 0 aromatic heterocycles. The summed E-state index contributed by atoms with van der Waals surface area (Å²) in [5.74, 6) is -1.67. The molecule has 0 saturated carbocycles. The van der Waals surface area contributed by atoms with E-state index in [1.807, 2.05) is 25.1 Å². The Kier molecular flexibility index (Phi) is 4.86. The Hall–Kier alpha value is -2.80. The maximum atomic E-state index is 13.5. The van der Waals surface area contributed by atoms with Crippen molar-refractivity contribution in [3.8, 4) is 0 Å². The minimum absolute atomic E-state index is 0.00995. The maximum absolute atomic E-state index is 13.5. The second-order valence-electron chi connectivity index (χ2n) is 7.26. The van der Waals surface area contributed by atoms with Gasteiger partial charge < -0.3 is 0 Å². The summed E-state index contributed by atoms with van der Waals surface area (Å²) in [5, 5.41) is 5.85. The molecule has 2 heterocycles. The number of hydrazone groups is 1. The highest BCUT2D eigenvalue weighted by Gasteiger charge is 2.60. The number of carbonyl (C=O) groups excluding carboxylic acids is 3. The van der Waals surface area contributed by atoms with Gasteiger partial charge in [-0.2, -0.15) is 10.1 Å². The van der Waals surface area contributed by atoms with Crippen molar-refractivity contribution in [2.45, 2.75) is 26.7 Å². The number of hydrogen-bond acceptors (Lipinski definition) is 4. The first kappa shape index (κ1) is 19.5. The van der Waals surface area contributed by atoms with Crippen LogP contribution in [0.1, 0.15) is 26.7 Å². The lowest BCUT2D eigenvalue weighted by Gasteiger charge is -2.31. The van der Waals surface area contributed by atoms with E-state index in [0.29, 0.717) is 23.5 Å². The van der Waals surface area contributed by atoms with Crippen molar-refractivity contribution in [1.82, 2.24) is 0 Å². The molecule has 2 atom stereocenters. The summed E-state index contributed by atoms with van der Waals surface area (Å²) < 4.78 is 0.856. The highest BCUT2D eigenvalue weighted by Crippen LogP contribution is 2.47. The van der Waals surface area contributed by atoms with E-state index in [2.05, 4.69) is 21.0 Å². The Morgan fingerprint density at radius 2 is 1.69 bits per heavy atom. The second kappa shape index (κ2) is 7.22. The summed E-state index contributed by atoms with van der Waals surface area (Å²) in [6.45, 7) is 3.63. The first-order chi connectivity index (χ1) is 13.9. The Bertz CT molecular complexity index is 1020. The predicted molar refractivity (Wildman–Crippen MR) is 115 cm³/mol. The largest absolute Gasteiger partial charge is 0.274 e. The van der Waals surface area contributed by atoms with Crippen LogP contribution in [-0.2, 0) is 14.4 Å². The molecule has 7 heteroatoms. The fourth-order valence-corrected chi connectivity index (χ4v) is 4.57. The Morgan fingerprint density at radius 3 is 2.31 bits per heavy atom. The van der Waals surface area contributed by atoms with Crippen molar-refractivity contribution in [2.24, 2.45) is 16.4 Å². The molecule has 0 bridgehead atoms. The number of halogens is 1. The number of para-hydroxylation sites is 1. The molecule has 0 aliphatic carbocycles. The van der Waals surface area contributed by atoms with Gasteiger partial charge in [0.1, 0.15) is 5.41 Å². The lowest BCUT2D eigenvalue weighted by atomic mass is 9.69. The van der Waals surface area contributed by atoms with E-state index in [1.54, 1.807) is 43.3 Å². The van der Waals surface area contributed by atoms with Crippen LogP contribution in [0.4, 0.5) is 11.4 Å². The fourth-order valence-electron chi connectivity index (χ4n) is 4.31. The van der Waals surface area contributed by atoms with Crippen molar-refractivity contribution in [1.29, 1.82) is 0 Å². The van der Waals surface area contributed by atoms with E-state index in [1.165, 1.54) is 9.91 Å². The number of benzene rings is 2. The molecule has 2 aliphatic heterocycles. The number of rotatable bonds is 4. The first-order valence-electron chi connectivity index (χ1n) is 9.47. The van der Waals surface area contributed by atoms with Crippen LogP contribution < -0.4 is 9.91 Å². The monoisotopic (exact) mass is 453 g/mol. The summed E-state index contributed by atoms with van der Waals surface area (Å²) in [6, 6.07) is 16.1. The topological polar surface area (TPSA) is 70.1 Å². The average Bonchev–Trinajstić information content (AvgIpc) is 3.16. The molecule has 3 amide bonds. The van der Waals surface area contributed by atoms with E-state index in [4.69, 9.17) is 0 Å². The van der Waals surface area contributed by atoms with Crippen LogP contribution >= 0.6 is 15.9 Å². The molecule has 29 heavy (non-hydrogen) atoms. The molecule has 4 rings (SSSR count). The number of nitrogens with zero attached hydrogens (tertiary/aromatic N) is 3. The Balaban J connectivity index is 1.72. The minimum Gasteiger partial charge on any atom is -0.274 e. The van der Waals surface area contributed by atoms with Gasteiger partial charge in [0.2, 0.25) is 11.8 Å². The summed E-state index contributed by atoms with van der Waals surface area (Å²) in [6.07, 6.45) is 0.381. The fraction of sp³-hybridized carbons (Fsp3) is 0.273. The Morgan fingerprint density at radius 1 is 1.03 bits per heavy atom. The summed E-state index contributed by atoms with van der Waals surface area (Å²) in [5.41, 5.74) is 0.607. The van der Waals surface area contributed by atoms with E-state index >= 15 is 0 Å². The summed E-state index contributed by atoms with van der Waals surface area (Å²) in [4.78, 5) is 40.9. The van der Waals surface area contributed by atoms with E-state index < -0.39 is 11.3 Å². The third-order valence-corrected chi connectivity index (χ3v) is 6.38. The SMILES string of the molecule is CCC1(C2CC(=O)N(c3ccc(Br)cc3)C2=O)C(=O)N(c2ccccc2)N=C1C. The van der Waals surface area contributed by atoms with Crippen molar-refractivity contribution in [2.75, 3.05) is 9.91 Å².